The van der Waals surface area contributed by atoms with Gasteiger partial charge in [0.25, 0.3) is 0 Å². The third-order valence-corrected chi connectivity index (χ3v) is 2.00. The van der Waals surface area contributed by atoms with Crippen LogP contribution >= 0.6 is 0 Å². The number of hydrogen-bond donors (Lipinski definition) is 1. The molecule has 1 rings (SSSR count). The quantitative estimate of drug-likeness (QED) is 0.851. The fourth-order valence-corrected chi connectivity index (χ4v) is 1.30. The molecule has 0 unspecified atom stereocenters. The molecule has 0 aliphatic carbocycles. The first-order valence-corrected chi connectivity index (χ1v) is 5.23. The van der Waals surface area contributed by atoms with Gasteiger partial charge in [-0.15, -0.1) is 0 Å². The highest BCUT2D eigenvalue weighted by atomic mass is 16.6. The summed E-state index contributed by atoms with van der Waals surface area (Å²) in [6.07, 6.45) is 1.12. The van der Waals surface area contributed by atoms with Crippen LogP contribution in [0.25, 0.3) is 0 Å². The van der Waals surface area contributed by atoms with Crippen molar-refractivity contribution in [2.24, 2.45) is 0 Å². The molecule has 0 saturated carbocycles. The van der Waals surface area contributed by atoms with Gasteiger partial charge in [-0.1, -0.05) is 0 Å². The maximum Gasteiger partial charge on any atom is 0.415 e. The molecule has 0 aromatic carbocycles. The van der Waals surface area contributed by atoms with Crippen molar-refractivity contribution >= 4 is 17.6 Å². The van der Waals surface area contributed by atoms with Gasteiger partial charge in [0, 0.05) is 6.04 Å². The fraction of sp³-hybridized carbons (Fsp3) is 0.455. The first kappa shape index (κ1) is 12.3. The number of pyridine rings is 1. The van der Waals surface area contributed by atoms with E-state index in [2.05, 4.69) is 4.98 Å². The summed E-state index contributed by atoms with van der Waals surface area (Å²) in [7, 11) is 0. The molecule has 0 aliphatic rings. The largest absolute Gasteiger partial charge is 0.449 e. The molecule has 0 atom stereocenters. The van der Waals surface area contributed by atoms with Crippen molar-refractivity contribution < 1.29 is 9.53 Å². The van der Waals surface area contributed by atoms with Crippen LogP contribution in [0.5, 0.6) is 0 Å². The van der Waals surface area contributed by atoms with Gasteiger partial charge in [-0.25, -0.2) is 9.78 Å². The van der Waals surface area contributed by atoms with Crippen molar-refractivity contribution in [2.45, 2.75) is 26.8 Å². The van der Waals surface area contributed by atoms with Crippen LogP contribution in [0.15, 0.2) is 18.3 Å². The molecule has 0 aliphatic heterocycles. The van der Waals surface area contributed by atoms with Crippen LogP contribution in [0.1, 0.15) is 20.8 Å². The van der Waals surface area contributed by atoms with Gasteiger partial charge in [-0.2, -0.15) is 0 Å². The summed E-state index contributed by atoms with van der Waals surface area (Å²) in [5.41, 5.74) is 6.11. The van der Waals surface area contributed by atoms with Crippen molar-refractivity contribution in [1.29, 1.82) is 0 Å². The Bertz CT molecular complexity index is 349. The lowest BCUT2D eigenvalue weighted by Gasteiger charge is -2.24. The SMILES string of the molecule is CCOC(=O)N(c1ccc(N)cn1)C(C)C. The van der Waals surface area contributed by atoms with Crippen LogP contribution in [0, 0.1) is 0 Å². The van der Waals surface area contributed by atoms with Crippen LogP contribution in [0.4, 0.5) is 16.3 Å². The topological polar surface area (TPSA) is 68.5 Å². The summed E-state index contributed by atoms with van der Waals surface area (Å²) in [5.74, 6) is 0.544. The zero-order valence-electron chi connectivity index (χ0n) is 9.80. The minimum atomic E-state index is -0.394. The summed E-state index contributed by atoms with van der Waals surface area (Å²) in [5, 5.41) is 0. The number of anilines is 2. The third kappa shape index (κ3) is 2.85. The summed E-state index contributed by atoms with van der Waals surface area (Å²) in [6, 6.07) is 3.39. The molecule has 88 valence electrons. The molecule has 0 spiro atoms. The molecule has 0 bridgehead atoms. The van der Waals surface area contributed by atoms with Gasteiger partial charge >= 0.3 is 6.09 Å². The van der Waals surface area contributed by atoms with Crippen molar-refractivity contribution in [1.82, 2.24) is 4.98 Å². The second-order valence-electron chi connectivity index (χ2n) is 3.61. The molecular weight excluding hydrogens is 206 g/mol. The molecular formula is C11H17N3O2. The zero-order chi connectivity index (χ0) is 12.1. The summed E-state index contributed by atoms with van der Waals surface area (Å²) in [4.78, 5) is 17.3. The maximum atomic E-state index is 11.7. The molecule has 0 saturated heterocycles. The Kier molecular flexibility index (Phi) is 4.10. The molecule has 2 N–H and O–H groups in total. The highest BCUT2D eigenvalue weighted by molar-refractivity contribution is 5.87. The van der Waals surface area contributed by atoms with Gasteiger partial charge in [0.2, 0.25) is 0 Å². The van der Waals surface area contributed by atoms with Gasteiger partial charge in [0.1, 0.15) is 5.82 Å². The van der Waals surface area contributed by atoms with Crippen molar-refractivity contribution in [3.05, 3.63) is 18.3 Å². The van der Waals surface area contributed by atoms with Gasteiger partial charge in [-0.05, 0) is 32.9 Å². The predicted octanol–water partition coefficient (Wildman–Crippen LogP) is 2.04. The van der Waals surface area contributed by atoms with E-state index in [4.69, 9.17) is 10.5 Å². The van der Waals surface area contributed by atoms with Crippen molar-refractivity contribution in [3.63, 3.8) is 0 Å². The smallest absolute Gasteiger partial charge is 0.415 e. The average Bonchev–Trinajstić information content (AvgIpc) is 2.21. The molecule has 0 radical (unpaired) electrons. The number of nitrogen functional groups attached to an aromatic ring is 1. The van der Waals surface area contributed by atoms with E-state index >= 15 is 0 Å². The number of hydrogen-bond acceptors (Lipinski definition) is 4. The molecule has 1 amide bonds. The Morgan fingerprint density at radius 1 is 1.56 bits per heavy atom. The highest BCUT2D eigenvalue weighted by Gasteiger charge is 2.20. The van der Waals surface area contributed by atoms with E-state index in [-0.39, 0.29) is 6.04 Å². The number of carbonyl (C=O) groups is 1. The predicted molar refractivity (Wildman–Crippen MR) is 63.3 cm³/mol. The third-order valence-electron chi connectivity index (χ3n) is 2.00. The van der Waals surface area contributed by atoms with Gasteiger partial charge in [0.05, 0.1) is 18.5 Å². The Hall–Kier alpha value is -1.78. The van der Waals surface area contributed by atoms with Crippen LogP contribution in [-0.2, 0) is 4.74 Å². The van der Waals surface area contributed by atoms with E-state index in [0.29, 0.717) is 18.1 Å². The average molecular weight is 223 g/mol. The van der Waals surface area contributed by atoms with E-state index in [1.807, 2.05) is 13.8 Å². The van der Waals surface area contributed by atoms with Crippen LogP contribution in [0.2, 0.25) is 0 Å². The number of rotatable bonds is 3. The lowest BCUT2D eigenvalue weighted by Crippen LogP contribution is -2.38. The number of nitrogens with zero attached hydrogens (tertiary/aromatic N) is 2. The normalized spacial score (nSPS) is 10.2. The number of aromatic nitrogens is 1. The van der Waals surface area contributed by atoms with E-state index in [9.17, 15) is 4.79 Å². The standard InChI is InChI=1S/C11H17N3O2/c1-4-16-11(15)14(8(2)3)10-6-5-9(12)7-13-10/h5-8H,4,12H2,1-3H3. The Labute approximate surface area is 95.2 Å². The summed E-state index contributed by atoms with van der Waals surface area (Å²) >= 11 is 0. The van der Waals surface area contributed by atoms with E-state index in [1.165, 1.54) is 11.1 Å². The fourth-order valence-electron chi connectivity index (χ4n) is 1.30. The Balaban J connectivity index is 2.93. The summed E-state index contributed by atoms with van der Waals surface area (Å²) < 4.78 is 4.97. The summed E-state index contributed by atoms with van der Waals surface area (Å²) in [6.45, 7) is 5.91. The first-order valence-electron chi connectivity index (χ1n) is 5.23. The van der Waals surface area contributed by atoms with Crippen LogP contribution in [0.3, 0.4) is 0 Å². The lowest BCUT2D eigenvalue weighted by molar-refractivity contribution is 0.158. The lowest BCUT2D eigenvalue weighted by atomic mass is 10.3. The van der Waals surface area contributed by atoms with Crippen molar-refractivity contribution in [2.75, 3.05) is 17.2 Å². The maximum absolute atomic E-state index is 11.7. The molecule has 1 aromatic rings. The number of carbonyl (C=O) groups excluding carboxylic acids is 1. The molecule has 0 fully saturated rings. The van der Waals surface area contributed by atoms with Crippen LogP contribution in [-0.4, -0.2) is 23.7 Å². The Morgan fingerprint density at radius 2 is 2.25 bits per heavy atom. The van der Waals surface area contributed by atoms with Gasteiger partial charge in [-0.3, -0.25) is 4.90 Å². The molecule has 1 heterocycles. The van der Waals surface area contributed by atoms with E-state index in [1.54, 1.807) is 19.1 Å². The van der Waals surface area contributed by atoms with Gasteiger partial charge < -0.3 is 10.5 Å². The Morgan fingerprint density at radius 3 is 2.69 bits per heavy atom. The highest BCUT2D eigenvalue weighted by Crippen LogP contribution is 2.16. The van der Waals surface area contributed by atoms with Gasteiger partial charge in [0.15, 0.2) is 0 Å². The minimum Gasteiger partial charge on any atom is -0.449 e. The second-order valence-corrected chi connectivity index (χ2v) is 3.61. The minimum absolute atomic E-state index is 0.0184. The number of nitrogens with two attached hydrogens (primary N) is 1. The van der Waals surface area contributed by atoms with E-state index in [0.717, 1.165) is 0 Å². The second kappa shape index (κ2) is 5.34. The number of amides is 1. The van der Waals surface area contributed by atoms with Crippen LogP contribution < -0.4 is 10.6 Å². The molecule has 1 aromatic heterocycles. The molecule has 16 heavy (non-hydrogen) atoms. The molecule has 5 heteroatoms. The molecule has 5 nitrogen and oxygen atoms in total. The van der Waals surface area contributed by atoms with Crippen molar-refractivity contribution in [3.8, 4) is 0 Å². The number of ether oxygens (including phenoxy) is 1. The zero-order valence-corrected chi connectivity index (χ0v) is 9.80. The first-order chi connectivity index (χ1) is 7.56. The monoisotopic (exact) mass is 223 g/mol. The van der Waals surface area contributed by atoms with E-state index < -0.39 is 6.09 Å².